The molecule has 1 aromatic carbocycles. The zero-order valence-corrected chi connectivity index (χ0v) is 11.9. The second kappa shape index (κ2) is 5.08. The molecule has 2 rings (SSSR count). The van der Waals surface area contributed by atoms with Crippen molar-refractivity contribution in [2.24, 2.45) is 5.41 Å². The van der Waals surface area contributed by atoms with E-state index in [0.717, 1.165) is 24.0 Å². The average molecular weight is 260 g/mol. The molecule has 0 heterocycles. The zero-order valence-electron chi connectivity index (χ0n) is 11.9. The first kappa shape index (κ1) is 13.7. The van der Waals surface area contributed by atoms with Crippen LogP contribution in [0.1, 0.15) is 32.3 Å². The summed E-state index contributed by atoms with van der Waals surface area (Å²) in [4.78, 5) is 12.6. The van der Waals surface area contributed by atoms with Gasteiger partial charge in [0.05, 0.1) is 14.2 Å². The van der Waals surface area contributed by atoms with Crippen LogP contribution in [0.15, 0.2) is 24.3 Å². The number of ketones is 1. The summed E-state index contributed by atoms with van der Waals surface area (Å²) in [5.74, 6) is 1.45. The molecule has 1 aromatic rings. The predicted octanol–water partition coefficient (Wildman–Crippen LogP) is 3.48. The molecule has 0 aliphatic heterocycles. The summed E-state index contributed by atoms with van der Waals surface area (Å²) >= 11 is 0. The Bertz CT molecular complexity index is 527. The van der Waals surface area contributed by atoms with E-state index in [0.29, 0.717) is 11.5 Å². The van der Waals surface area contributed by atoms with Crippen LogP contribution >= 0.6 is 0 Å². The average Bonchev–Trinajstić information content (AvgIpc) is 2.41. The van der Waals surface area contributed by atoms with Crippen molar-refractivity contribution >= 4 is 11.4 Å². The molecule has 3 nitrogen and oxygen atoms in total. The Morgan fingerprint density at radius 1 is 1.16 bits per heavy atom. The van der Waals surface area contributed by atoms with Gasteiger partial charge in [-0.05, 0) is 18.9 Å². The molecule has 0 fully saturated rings. The first-order valence-electron chi connectivity index (χ1n) is 6.47. The molecule has 102 valence electrons. The molecule has 0 atom stereocenters. The number of carbonyl (C=O) groups excluding carboxylic acids is 1. The standard InChI is InChI=1S/C16H20O3/c1-16(2)10-6-8-12(15(16)17)11-7-5-9-13(18-3)14(11)19-4/h5,7-9H,6,10H2,1-4H3. The van der Waals surface area contributed by atoms with E-state index in [4.69, 9.17) is 9.47 Å². The third kappa shape index (κ3) is 2.37. The Labute approximate surface area is 114 Å². The minimum Gasteiger partial charge on any atom is -0.493 e. The van der Waals surface area contributed by atoms with Crippen molar-refractivity contribution in [1.82, 2.24) is 0 Å². The molecule has 0 amide bonds. The second-order valence-corrected chi connectivity index (χ2v) is 5.41. The predicted molar refractivity (Wildman–Crippen MR) is 75.5 cm³/mol. The molecule has 0 bridgehead atoms. The number of ether oxygens (including phenoxy) is 2. The maximum atomic E-state index is 12.6. The summed E-state index contributed by atoms with van der Waals surface area (Å²) in [5.41, 5.74) is 1.25. The van der Waals surface area contributed by atoms with Gasteiger partial charge in [0.15, 0.2) is 17.3 Å². The second-order valence-electron chi connectivity index (χ2n) is 5.41. The number of allylic oxidation sites excluding steroid dienone is 2. The van der Waals surface area contributed by atoms with E-state index in [1.807, 2.05) is 38.1 Å². The Morgan fingerprint density at radius 2 is 1.89 bits per heavy atom. The van der Waals surface area contributed by atoms with Crippen LogP contribution in [-0.4, -0.2) is 20.0 Å². The van der Waals surface area contributed by atoms with E-state index in [2.05, 4.69) is 0 Å². The summed E-state index contributed by atoms with van der Waals surface area (Å²) in [6.07, 6.45) is 3.81. The van der Waals surface area contributed by atoms with Crippen molar-refractivity contribution in [2.75, 3.05) is 14.2 Å². The maximum absolute atomic E-state index is 12.6. The lowest BCUT2D eigenvalue weighted by Gasteiger charge is -2.28. The molecular formula is C16H20O3. The Hall–Kier alpha value is -1.77. The fourth-order valence-electron chi connectivity index (χ4n) is 2.48. The molecule has 0 spiro atoms. The lowest BCUT2D eigenvalue weighted by molar-refractivity contribution is -0.121. The lowest BCUT2D eigenvalue weighted by Crippen LogP contribution is -2.28. The molecule has 0 unspecified atom stereocenters. The molecule has 0 N–H and O–H groups in total. The topological polar surface area (TPSA) is 35.5 Å². The van der Waals surface area contributed by atoms with E-state index in [1.54, 1.807) is 14.2 Å². The molecule has 0 aromatic heterocycles. The van der Waals surface area contributed by atoms with E-state index < -0.39 is 0 Å². The summed E-state index contributed by atoms with van der Waals surface area (Å²) in [6, 6.07) is 5.63. The van der Waals surface area contributed by atoms with Gasteiger partial charge in [0.2, 0.25) is 0 Å². The van der Waals surface area contributed by atoms with Crippen LogP contribution in [0.4, 0.5) is 0 Å². The molecule has 19 heavy (non-hydrogen) atoms. The highest BCUT2D eigenvalue weighted by molar-refractivity contribution is 6.24. The SMILES string of the molecule is COc1cccc(C2=CCCC(C)(C)C2=O)c1OC. The van der Waals surface area contributed by atoms with Crippen molar-refractivity contribution in [1.29, 1.82) is 0 Å². The molecule has 1 aliphatic carbocycles. The van der Waals surface area contributed by atoms with E-state index in [1.165, 1.54) is 0 Å². The molecule has 0 radical (unpaired) electrons. The van der Waals surface area contributed by atoms with Crippen LogP contribution in [0.2, 0.25) is 0 Å². The number of methoxy groups -OCH3 is 2. The van der Waals surface area contributed by atoms with Crippen molar-refractivity contribution < 1.29 is 14.3 Å². The number of rotatable bonds is 3. The van der Waals surface area contributed by atoms with Gasteiger partial charge >= 0.3 is 0 Å². The molecular weight excluding hydrogens is 240 g/mol. The Balaban J connectivity index is 2.53. The van der Waals surface area contributed by atoms with Gasteiger partial charge in [0.1, 0.15) is 0 Å². The number of carbonyl (C=O) groups is 1. The van der Waals surface area contributed by atoms with Gasteiger partial charge in [-0.15, -0.1) is 0 Å². The first-order valence-corrected chi connectivity index (χ1v) is 6.47. The quantitative estimate of drug-likeness (QED) is 0.834. The van der Waals surface area contributed by atoms with Crippen molar-refractivity contribution in [3.05, 3.63) is 29.8 Å². The molecule has 0 saturated carbocycles. The normalized spacial score (nSPS) is 17.9. The minimum absolute atomic E-state index is 0.172. The van der Waals surface area contributed by atoms with Crippen molar-refractivity contribution in [3.8, 4) is 11.5 Å². The van der Waals surface area contributed by atoms with Gasteiger partial charge < -0.3 is 9.47 Å². The van der Waals surface area contributed by atoms with Crippen LogP contribution in [0.5, 0.6) is 11.5 Å². The van der Waals surface area contributed by atoms with Gasteiger partial charge in [0, 0.05) is 16.6 Å². The zero-order chi connectivity index (χ0) is 14.0. The fourth-order valence-corrected chi connectivity index (χ4v) is 2.48. The number of hydrogen-bond donors (Lipinski definition) is 0. The van der Waals surface area contributed by atoms with Crippen LogP contribution in [0, 0.1) is 5.41 Å². The highest BCUT2D eigenvalue weighted by Gasteiger charge is 2.34. The smallest absolute Gasteiger partial charge is 0.168 e. The number of benzene rings is 1. The third-order valence-electron chi connectivity index (χ3n) is 3.67. The Morgan fingerprint density at radius 3 is 2.53 bits per heavy atom. The molecule has 0 saturated heterocycles. The number of para-hydroxylation sites is 1. The van der Waals surface area contributed by atoms with Gasteiger partial charge in [-0.25, -0.2) is 0 Å². The van der Waals surface area contributed by atoms with E-state index >= 15 is 0 Å². The largest absolute Gasteiger partial charge is 0.493 e. The highest BCUT2D eigenvalue weighted by Crippen LogP contribution is 2.41. The molecule has 3 heteroatoms. The Kier molecular flexibility index (Phi) is 3.65. The summed E-state index contributed by atoms with van der Waals surface area (Å²) in [6.45, 7) is 3.99. The van der Waals surface area contributed by atoms with Gasteiger partial charge in [-0.2, -0.15) is 0 Å². The third-order valence-corrected chi connectivity index (χ3v) is 3.67. The number of Topliss-reactive ketones (excluding diaryl/α,β-unsaturated/α-hetero) is 1. The summed E-state index contributed by atoms with van der Waals surface area (Å²) in [7, 11) is 3.20. The van der Waals surface area contributed by atoms with Crippen LogP contribution in [-0.2, 0) is 4.79 Å². The fraction of sp³-hybridized carbons (Fsp3) is 0.438. The maximum Gasteiger partial charge on any atom is 0.168 e. The van der Waals surface area contributed by atoms with E-state index in [-0.39, 0.29) is 11.2 Å². The van der Waals surface area contributed by atoms with Crippen molar-refractivity contribution in [3.63, 3.8) is 0 Å². The van der Waals surface area contributed by atoms with Crippen LogP contribution < -0.4 is 9.47 Å². The first-order chi connectivity index (χ1) is 9.01. The minimum atomic E-state index is -0.307. The van der Waals surface area contributed by atoms with Gasteiger partial charge in [-0.1, -0.05) is 32.1 Å². The van der Waals surface area contributed by atoms with Crippen LogP contribution in [0.25, 0.3) is 5.57 Å². The monoisotopic (exact) mass is 260 g/mol. The van der Waals surface area contributed by atoms with Gasteiger partial charge in [-0.3, -0.25) is 4.79 Å². The molecule has 1 aliphatic rings. The number of hydrogen-bond acceptors (Lipinski definition) is 3. The highest BCUT2D eigenvalue weighted by atomic mass is 16.5. The summed E-state index contributed by atoms with van der Waals surface area (Å²) < 4.78 is 10.7. The lowest BCUT2D eigenvalue weighted by atomic mass is 9.74. The summed E-state index contributed by atoms with van der Waals surface area (Å²) in [5, 5.41) is 0. The van der Waals surface area contributed by atoms with Crippen LogP contribution in [0.3, 0.4) is 0 Å². The van der Waals surface area contributed by atoms with E-state index in [9.17, 15) is 4.79 Å². The van der Waals surface area contributed by atoms with Gasteiger partial charge in [0.25, 0.3) is 0 Å². The van der Waals surface area contributed by atoms with Crippen molar-refractivity contribution in [2.45, 2.75) is 26.7 Å².